The molecule has 0 bridgehead atoms. The first-order valence-corrected chi connectivity index (χ1v) is 5.75. The van der Waals surface area contributed by atoms with Crippen LogP contribution in [0.3, 0.4) is 0 Å². The smallest absolute Gasteiger partial charge is 0.296 e. The topological polar surface area (TPSA) is 101 Å². The average Bonchev–Trinajstić information content (AvgIpc) is 2.40. The number of aryl methyl sites for hydroxylation is 1. The van der Waals surface area contributed by atoms with Gasteiger partial charge in [0.25, 0.3) is 10.2 Å². The molecule has 0 saturated carbocycles. The molecule has 0 radical (unpaired) electrons. The van der Waals surface area contributed by atoms with E-state index in [2.05, 4.69) is 14.7 Å². The van der Waals surface area contributed by atoms with Crippen LogP contribution in [0.1, 0.15) is 5.82 Å². The number of benzene rings is 1. The first-order valence-electron chi connectivity index (χ1n) is 4.21. The number of fused-ring (bicyclic) bond motifs is 1. The van der Waals surface area contributed by atoms with Gasteiger partial charge in [-0.05, 0) is 25.1 Å². The number of aromatic nitrogens is 2. The molecule has 7 heteroatoms. The van der Waals surface area contributed by atoms with Crippen LogP contribution in [0.5, 0.6) is 0 Å². The molecule has 0 saturated heterocycles. The maximum absolute atomic E-state index is 10.8. The molecule has 2 aromatic rings. The number of H-pyrrole nitrogens is 1. The van der Waals surface area contributed by atoms with Crippen molar-refractivity contribution in [1.82, 2.24) is 9.97 Å². The van der Waals surface area contributed by atoms with Crippen LogP contribution in [0, 0.1) is 6.92 Å². The van der Waals surface area contributed by atoms with E-state index in [0.717, 1.165) is 16.9 Å². The summed E-state index contributed by atoms with van der Waals surface area (Å²) in [5.41, 5.74) is 1.96. The van der Waals surface area contributed by atoms with Gasteiger partial charge in [0.15, 0.2) is 0 Å². The molecule has 0 spiro atoms. The van der Waals surface area contributed by atoms with Gasteiger partial charge < -0.3 is 4.98 Å². The molecule has 0 amide bonds. The van der Waals surface area contributed by atoms with Gasteiger partial charge in [-0.15, -0.1) is 0 Å². The number of nitrogens with two attached hydrogens (primary N) is 1. The van der Waals surface area contributed by atoms with Gasteiger partial charge in [-0.3, -0.25) is 4.72 Å². The van der Waals surface area contributed by atoms with E-state index >= 15 is 0 Å². The van der Waals surface area contributed by atoms with Gasteiger partial charge in [0.2, 0.25) is 0 Å². The Morgan fingerprint density at radius 3 is 2.87 bits per heavy atom. The zero-order valence-electron chi connectivity index (χ0n) is 7.98. The van der Waals surface area contributed by atoms with Gasteiger partial charge in [0, 0.05) is 0 Å². The number of aromatic amines is 1. The van der Waals surface area contributed by atoms with Crippen LogP contribution in [0.25, 0.3) is 11.0 Å². The predicted octanol–water partition coefficient (Wildman–Crippen LogP) is 0.487. The standard InChI is InChI=1S/C8H10N4O2S/c1-5-10-7-3-2-6(4-8(7)11-5)12-15(9,13)14/h2-4,12H,1H3,(H,10,11)(H2,9,13,14). The second-order valence-corrected chi connectivity index (χ2v) is 4.50. The molecule has 1 aromatic heterocycles. The summed E-state index contributed by atoms with van der Waals surface area (Å²) in [5, 5.41) is 4.85. The van der Waals surface area contributed by atoms with Gasteiger partial charge in [-0.1, -0.05) is 0 Å². The summed E-state index contributed by atoms with van der Waals surface area (Å²) in [6.45, 7) is 1.83. The van der Waals surface area contributed by atoms with E-state index in [0.29, 0.717) is 5.69 Å². The van der Waals surface area contributed by atoms with Crippen molar-refractivity contribution >= 4 is 26.9 Å². The highest BCUT2D eigenvalue weighted by Crippen LogP contribution is 2.17. The van der Waals surface area contributed by atoms with Crippen molar-refractivity contribution in [1.29, 1.82) is 0 Å². The molecule has 0 aliphatic heterocycles. The Kier molecular flexibility index (Phi) is 2.13. The van der Waals surface area contributed by atoms with Crippen LogP contribution in [0.2, 0.25) is 0 Å². The minimum atomic E-state index is -3.72. The Morgan fingerprint density at radius 1 is 1.47 bits per heavy atom. The van der Waals surface area contributed by atoms with Crippen molar-refractivity contribution in [2.24, 2.45) is 5.14 Å². The molecule has 6 nitrogen and oxygen atoms in total. The van der Waals surface area contributed by atoms with E-state index in [1.54, 1.807) is 18.2 Å². The molecule has 0 atom stereocenters. The highest BCUT2D eigenvalue weighted by atomic mass is 32.2. The van der Waals surface area contributed by atoms with Crippen molar-refractivity contribution in [2.75, 3.05) is 4.72 Å². The summed E-state index contributed by atoms with van der Waals surface area (Å²) in [6, 6.07) is 4.96. The summed E-state index contributed by atoms with van der Waals surface area (Å²) in [6.07, 6.45) is 0. The third kappa shape index (κ3) is 2.25. The fourth-order valence-corrected chi connectivity index (χ4v) is 1.82. The van der Waals surface area contributed by atoms with E-state index < -0.39 is 10.2 Å². The minimum Gasteiger partial charge on any atom is -0.342 e. The molecule has 2 rings (SSSR count). The summed E-state index contributed by atoms with van der Waals surface area (Å²) < 4.78 is 23.8. The van der Waals surface area contributed by atoms with Crippen molar-refractivity contribution in [3.63, 3.8) is 0 Å². The lowest BCUT2D eigenvalue weighted by molar-refractivity contribution is 0.603. The summed E-state index contributed by atoms with van der Waals surface area (Å²) in [7, 11) is -3.72. The maximum atomic E-state index is 10.8. The number of hydrogen-bond donors (Lipinski definition) is 3. The van der Waals surface area contributed by atoms with Crippen LogP contribution in [0.15, 0.2) is 18.2 Å². The average molecular weight is 226 g/mol. The Bertz CT molecular complexity index is 602. The van der Waals surface area contributed by atoms with Crippen molar-refractivity contribution in [3.8, 4) is 0 Å². The molecule has 0 fully saturated rings. The predicted molar refractivity (Wildman–Crippen MR) is 57.6 cm³/mol. The number of imidazole rings is 1. The molecular weight excluding hydrogens is 216 g/mol. The number of nitrogens with zero attached hydrogens (tertiary/aromatic N) is 1. The lowest BCUT2D eigenvalue weighted by Crippen LogP contribution is -2.21. The van der Waals surface area contributed by atoms with E-state index in [1.165, 1.54) is 0 Å². The minimum absolute atomic E-state index is 0.411. The zero-order valence-corrected chi connectivity index (χ0v) is 8.80. The molecule has 80 valence electrons. The van der Waals surface area contributed by atoms with Crippen molar-refractivity contribution < 1.29 is 8.42 Å². The van der Waals surface area contributed by atoms with Gasteiger partial charge in [-0.25, -0.2) is 10.1 Å². The second kappa shape index (κ2) is 3.21. The first kappa shape index (κ1) is 9.94. The highest BCUT2D eigenvalue weighted by molar-refractivity contribution is 7.90. The molecule has 1 aromatic carbocycles. The Balaban J connectivity index is 2.47. The van der Waals surface area contributed by atoms with E-state index in [9.17, 15) is 8.42 Å². The SMILES string of the molecule is Cc1nc2ccc(NS(N)(=O)=O)cc2[nH]1. The third-order valence-electron chi connectivity index (χ3n) is 1.86. The number of rotatable bonds is 2. The Morgan fingerprint density at radius 2 is 2.20 bits per heavy atom. The zero-order chi connectivity index (χ0) is 11.1. The summed E-state index contributed by atoms with van der Waals surface area (Å²) in [4.78, 5) is 7.18. The molecule has 0 aliphatic rings. The monoisotopic (exact) mass is 226 g/mol. The lowest BCUT2D eigenvalue weighted by Gasteiger charge is -2.02. The molecule has 4 N–H and O–H groups in total. The van der Waals surface area contributed by atoms with Crippen molar-refractivity contribution in [3.05, 3.63) is 24.0 Å². The first-order chi connectivity index (χ1) is 6.94. The third-order valence-corrected chi connectivity index (χ3v) is 2.38. The fourth-order valence-electron chi connectivity index (χ4n) is 1.36. The van der Waals surface area contributed by atoms with Crippen LogP contribution in [0.4, 0.5) is 5.69 Å². The summed E-state index contributed by atoms with van der Waals surface area (Å²) >= 11 is 0. The quantitative estimate of drug-likeness (QED) is 0.694. The van der Waals surface area contributed by atoms with Gasteiger partial charge in [0.05, 0.1) is 16.7 Å². The number of anilines is 1. The fraction of sp³-hybridized carbons (Fsp3) is 0.125. The van der Waals surface area contributed by atoms with Crippen molar-refractivity contribution in [2.45, 2.75) is 6.92 Å². The normalized spacial score (nSPS) is 11.9. The van der Waals surface area contributed by atoms with Crippen LogP contribution >= 0.6 is 0 Å². The molecule has 15 heavy (non-hydrogen) atoms. The Hall–Kier alpha value is -1.60. The van der Waals surface area contributed by atoms with Gasteiger partial charge in [-0.2, -0.15) is 8.42 Å². The van der Waals surface area contributed by atoms with E-state index in [1.807, 2.05) is 6.92 Å². The Labute approximate surface area is 86.7 Å². The molecular formula is C8H10N4O2S. The molecule has 0 unspecified atom stereocenters. The largest absolute Gasteiger partial charge is 0.342 e. The van der Waals surface area contributed by atoms with E-state index in [4.69, 9.17) is 5.14 Å². The highest BCUT2D eigenvalue weighted by Gasteiger charge is 2.04. The van der Waals surface area contributed by atoms with Gasteiger partial charge >= 0.3 is 0 Å². The summed E-state index contributed by atoms with van der Waals surface area (Å²) in [5.74, 6) is 0.776. The lowest BCUT2D eigenvalue weighted by atomic mass is 10.3. The second-order valence-electron chi connectivity index (χ2n) is 3.20. The maximum Gasteiger partial charge on any atom is 0.296 e. The number of hydrogen-bond acceptors (Lipinski definition) is 3. The number of nitrogens with one attached hydrogen (secondary N) is 2. The van der Waals surface area contributed by atoms with Crippen LogP contribution in [-0.2, 0) is 10.2 Å². The van der Waals surface area contributed by atoms with Crippen LogP contribution < -0.4 is 9.86 Å². The molecule has 0 aliphatic carbocycles. The molecule has 1 heterocycles. The van der Waals surface area contributed by atoms with Crippen LogP contribution in [-0.4, -0.2) is 18.4 Å². The van der Waals surface area contributed by atoms with E-state index in [-0.39, 0.29) is 0 Å². The van der Waals surface area contributed by atoms with Gasteiger partial charge in [0.1, 0.15) is 5.82 Å².